The van der Waals surface area contributed by atoms with E-state index in [1.54, 1.807) is 6.08 Å². The quantitative estimate of drug-likeness (QED) is 0.625. The molecule has 1 radical (unpaired) electrons. The van der Waals surface area contributed by atoms with Gasteiger partial charge in [-0.2, -0.15) is 0 Å². The molecule has 1 unspecified atom stereocenters. The second-order valence-electron chi connectivity index (χ2n) is 8.49. The van der Waals surface area contributed by atoms with E-state index in [0.717, 1.165) is 22.4 Å². The molecule has 33 heavy (non-hydrogen) atoms. The van der Waals surface area contributed by atoms with Crippen molar-refractivity contribution in [1.29, 1.82) is 0 Å². The number of hydrogen-bond donors (Lipinski definition) is 1. The van der Waals surface area contributed by atoms with Crippen molar-refractivity contribution >= 4 is 17.8 Å². The van der Waals surface area contributed by atoms with E-state index in [4.69, 9.17) is 4.74 Å². The van der Waals surface area contributed by atoms with Gasteiger partial charge in [-0.25, -0.2) is 4.79 Å². The zero-order valence-electron chi connectivity index (χ0n) is 18.7. The Morgan fingerprint density at radius 3 is 2.18 bits per heavy atom. The standard InChI is InChI=1S/C26H27N2O5/c1-18(29)13-14-33-24(31)17-28-22(15-23(30)27(2)25(28)32)21-16-26(21,19-9-5-3-6-10-19)20-11-7-4-8-12-20/h3-12,15,21,30H,13-14,16-17H2,1-2H3. The molecule has 1 heterocycles. The van der Waals surface area contributed by atoms with E-state index in [9.17, 15) is 19.5 Å². The fourth-order valence-electron chi connectivity index (χ4n) is 4.52. The summed E-state index contributed by atoms with van der Waals surface area (Å²) in [5.41, 5.74) is 2.42. The number of likely N-dealkylation sites (N-methyl/N-ethyl adjacent to an activating group) is 1. The molecule has 2 aliphatic rings. The summed E-state index contributed by atoms with van der Waals surface area (Å²) < 4.78 is 5.17. The molecular formula is C26H27N2O5. The number of carbonyl (C=O) groups is 3. The number of esters is 1. The van der Waals surface area contributed by atoms with Crippen molar-refractivity contribution < 1.29 is 24.2 Å². The second kappa shape index (κ2) is 9.19. The molecule has 2 aromatic rings. The Morgan fingerprint density at radius 1 is 1.06 bits per heavy atom. The van der Waals surface area contributed by atoms with Crippen LogP contribution in [0.1, 0.15) is 30.9 Å². The number of ether oxygens (including phenoxy) is 1. The summed E-state index contributed by atoms with van der Waals surface area (Å²) in [4.78, 5) is 39.1. The number of aliphatic hydroxyl groups excluding tert-OH is 1. The highest BCUT2D eigenvalue weighted by molar-refractivity contribution is 5.85. The number of carbonyl (C=O) groups excluding carboxylic acids is 3. The van der Waals surface area contributed by atoms with Gasteiger partial charge < -0.3 is 9.84 Å². The Hall–Kier alpha value is -3.45. The highest BCUT2D eigenvalue weighted by atomic mass is 16.5. The van der Waals surface area contributed by atoms with Crippen LogP contribution in [-0.2, 0) is 19.7 Å². The first-order chi connectivity index (χ1) is 15.8. The lowest BCUT2D eigenvalue weighted by Gasteiger charge is -2.36. The van der Waals surface area contributed by atoms with Crippen LogP contribution in [0, 0.1) is 12.1 Å². The van der Waals surface area contributed by atoms with E-state index in [1.165, 1.54) is 18.9 Å². The highest BCUT2D eigenvalue weighted by Crippen LogP contribution is 2.62. The molecule has 0 bridgehead atoms. The van der Waals surface area contributed by atoms with Crippen LogP contribution >= 0.6 is 0 Å². The van der Waals surface area contributed by atoms with Crippen LogP contribution in [0.25, 0.3) is 0 Å². The molecular weight excluding hydrogens is 420 g/mol. The number of hydrogen-bond acceptors (Lipinski definition) is 5. The summed E-state index contributed by atoms with van der Waals surface area (Å²) in [7, 11) is 1.45. The Balaban J connectivity index is 1.66. The fraction of sp³-hybridized carbons (Fsp3) is 0.308. The lowest BCUT2D eigenvalue weighted by molar-refractivity contribution is -0.144. The molecule has 171 valence electrons. The molecule has 2 aromatic carbocycles. The molecule has 2 amide bonds. The molecule has 1 N–H and O–H groups in total. The van der Waals surface area contributed by atoms with Gasteiger partial charge in [-0.05, 0) is 30.5 Å². The first-order valence-electron chi connectivity index (χ1n) is 10.9. The number of allylic oxidation sites excluding steroid dienone is 1. The van der Waals surface area contributed by atoms with Crippen LogP contribution in [0.3, 0.4) is 0 Å². The Bertz CT molecular complexity index is 1030. The minimum atomic E-state index is -0.601. The van der Waals surface area contributed by atoms with Gasteiger partial charge in [0.2, 0.25) is 6.23 Å². The van der Waals surface area contributed by atoms with Crippen LogP contribution in [-0.4, -0.2) is 52.9 Å². The summed E-state index contributed by atoms with van der Waals surface area (Å²) >= 11 is 0. The third-order valence-electron chi connectivity index (χ3n) is 6.35. The van der Waals surface area contributed by atoms with E-state index < -0.39 is 12.0 Å². The first kappa shape index (κ1) is 22.7. The number of rotatable bonds is 8. The van der Waals surface area contributed by atoms with Gasteiger partial charge in [0, 0.05) is 30.5 Å². The van der Waals surface area contributed by atoms with Crippen molar-refractivity contribution in [3.63, 3.8) is 0 Å². The molecule has 1 aliphatic heterocycles. The number of aliphatic hydroxyl groups is 1. The molecule has 1 saturated carbocycles. The third-order valence-corrected chi connectivity index (χ3v) is 6.35. The Labute approximate surface area is 193 Å². The lowest BCUT2D eigenvalue weighted by atomic mass is 9.84. The van der Waals surface area contributed by atoms with Crippen molar-refractivity contribution in [1.82, 2.24) is 9.80 Å². The van der Waals surface area contributed by atoms with Gasteiger partial charge >= 0.3 is 12.0 Å². The summed E-state index contributed by atoms with van der Waals surface area (Å²) in [6.45, 7) is 1.11. The SMILES string of the molecule is CC(=O)CCOC(=O)CN1C(=O)N(C)[C](O)C=C1C1CC1(c1ccccc1)c1ccccc1. The molecule has 4 rings (SSSR count). The normalized spacial score (nSPS) is 19.8. The summed E-state index contributed by atoms with van der Waals surface area (Å²) in [6.07, 6.45) is 2.25. The van der Waals surface area contributed by atoms with Crippen LogP contribution < -0.4 is 0 Å². The zero-order chi connectivity index (χ0) is 23.6. The predicted octanol–water partition coefficient (Wildman–Crippen LogP) is 3.63. The smallest absolute Gasteiger partial charge is 0.327 e. The Kier molecular flexibility index (Phi) is 6.33. The van der Waals surface area contributed by atoms with E-state index in [0.29, 0.717) is 5.70 Å². The maximum Gasteiger partial charge on any atom is 0.327 e. The van der Waals surface area contributed by atoms with Gasteiger partial charge in [0.25, 0.3) is 0 Å². The van der Waals surface area contributed by atoms with Crippen molar-refractivity contribution in [2.45, 2.75) is 25.2 Å². The predicted molar refractivity (Wildman–Crippen MR) is 121 cm³/mol. The summed E-state index contributed by atoms with van der Waals surface area (Å²) in [6, 6.07) is 19.6. The third kappa shape index (κ3) is 4.41. The molecule has 1 aliphatic carbocycles. The second-order valence-corrected chi connectivity index (χ2v) is 8.49. The maximum atomic E-state index is 13.0. The van der Waals surface area contributed by atoms with Crippen molar-refractivity contribution in [3.05, 3.63) is 89.8 Å². The Morgan fingerprint density at radius 2 is 1.64 bits per heavy atom. The van der Waals surface area contributed by atoms with Gasteiger partial charge in [0.1, 0.15) is 12.3 Å². The van der Waals surface area contributed by atoms with E-state index >= 15 is 0 Å². The number of benzene rings is 2. The largest absolute Gasteiger partial charge is 0.464 e. The number of urea groups is 1. The number of nitrogens with zero attached hydrogens (tertiary/aromatic N) is 2. The topological polar surface area (TPSA) is 87.2 Å². The molecule has 0 spiro atoms. The van der Waals surface area contributed by atoms with Crippen molar-refractivity contribution in [2.75, 3.05) is 20.2 Å². The number of Topliss-reactive ketones (excluding diaryl/α,β-unsaturated/α-hetero) is 1. The monoisotopic (exact) mass is 447 g/mol. The van der Waals surface area contributed by atoms with Gasteiger partial charge in [-0.3, -0.25) is 19.4 Å². The molecule has 7 heteroatoms. The number of ketones is 1. The van der Waals surface area contributed by atoms with E-state index in [2.05, 4.69) is 24.3 Å². The average Bonchev–Trinajstić information content (AvgIpc) is 3.57. The van der Waals surface area contributed by atoms with E-state index in [1.807, 2.05) is 36.4 Å². The lowest BCUT2D eigenvalue weighted by Crippen LogP contribution is -2.49. The van der Waals surface area contributed by atoms with Crippen molar-refractivity contribution in [2.24, 2.45) is 5.92 Å². The van der Waals surface area contributed by atoms with Crippen molar-refractivity contribution in [3.8, 4) is 0 Å². The van der Waals surface area contributed by atoms with Gasteiger partial charge in [-0.1, -0.05) is 60.7 Å². The van der Waals surface area contributed by atoms with Crippen LogP contribution in [0.5, 0.6) is 0 Å². The van der Waals surface area contributed by atoms with Gasteiger partial charge in [0.05, 0.1) is 6.61 Å². The van der Waals surface area contributed by atoms with E-state index in [-0.39, 0.29) is 42.9 Å². The molecule has 7 nitrogen and oxygen atoms in total. The minimum Gasteiger partial charge on any atom is -0.464 e. The summed E-state index contributed by atoms with van der Waals surface area (Å²) in [5, 5.41) is 10.4. The minimum absolute atomic E-state index is 0.0240. The molecule has 1 fully saturated rings. The highest BCUT2D eigenvalue weighted by Gasteiger charge is 2.60. The van der Waals surface area contributed by atoms with Crippen LogP contribution in [0.15, 0.2) is 72.4 Å². The number of amides is 2. The van der Waals surface area contributed by atoms with Gasteiger partial charge in [0.15, 0.2) is 0 Å². The maximum absolute atomic E-state index is 13.0. The summed E-state index contributed by atoms with van der Waals surface area (Å²) in [5.74, 6) is -0.798. The molecule has 1 atom stereocenters. The fourth-order valence-corrected chi connectivity index (χ4v) is 4.52. The van der Waals surface area contributed by atoms with Crippen LogP contribution in [0.2, 0.25) is 0 Å². The molecule has 0 saturated heterocycles. The van der Waals surface area contributed by atoms with Gasteiger partial charge in [-0.15, -0.1) is 0 Å². The first-order valence-corrected chi connectivity index (χ1v) is 10.9. The van der Waals surface area contributed by atoms with Crippen LogP contribution in [0.4, 0.5) is 4.79 Å². The average molecular weight is 448 g/mol. The molecule has 0 aromatic heterocycles. The zero-order valence-corrected chi connectivity index (χ0v) is 18.7.